The number of rotatable bonds is 4. The van der Waals surface area contributed by atoms with Crippen molar-refractivity contribution in [1.82, 2.24) is 15.1 Å². The minimum Gasteiger partial charge on any atom is -0.481 e. The van der Waals surface area contributed by atoms with Crippen LogP contribution in [0.4, 0.5) is 0 Å². The molecule has 3 aromatic rings. The maximum absolute atomic E-state index is 6.19. The van der Waals surface area contributed by atoms with E-state index >= 15 is 0 Å². The van der Waals surface area contributed by atoms with Gasteiger partial charge in [-0.2, -0.15) is 4.98 Å². The lowest BCUT2D eigenvalue weighted by Crippen LogP contribution is -2.44. The van der Waals surface area contributed by atoms with Crippen molar-refractivity contribution in [2.75, 3.05) is 0 Å². The molecule has 1 fully saturated rings. The van der Waals surface area contributed by atoms with Gasteiger partial charge in [-0.3, -0.25) is 4.98 Å². The molecule has 6 nitrogen and oxygen atoms in total. The third-order valence-electron chi connectivity index (χ3n) is 4.19. The van der Waals surface area contributed by atoms with Crippen molar-refractivity contribution in [3.8, 4) is 5.75 Å². The maximum Gasteiger partial charge on any atom is 0.264 e. The van der Waals surface area contributed by atoms with Crippen LogP contribution in [0.25, 0.3) is 10.9 Å². The van der Waals surface area contributed by atoms with Crippen molar-refractivity contribution in [1.29, 1.82) is 0 Å². The quantitative estimate of drug-likeness (QED) is 0.758. The van der Waals surface area contributed by atoms with Crippen LogP contribution in [0.3, 0.4) is 0 Å². The molecule has 2 N–H and O–H groups in total. The largest absolute Gasteiger partial charge is 0.481 e. The lowest BCUT2D eigenvalue weighted by atomic mass is 9.77. The summed E-state index contributed by atoms with van der Waals surface area (Å²) in [6, 6.07) is 7.30. The van der Waals surface area contributed by atoms with E-state index in [1.165, 1.54) is 0 Å². The van der Waals surface area contributed by atoms with Gasteiger partial charge in [0, 0.05) is 11.6 Å². The smallest absolute Gasteiger partial charge is 0.264 e. The minimum absolute atomic E-state index is 0. The third kappa shape index (κ3) is 2.92. The van der Waals surface area contributed by atoms with Crippen LogP contribution in [0.2, 0.25) is 5.02 Å². The van der Waals surface area contributed by atoms with Gasteiger partial charge in [0.25, 0.3) is 5.89 Å². The number of nitrogens with zero attached hydrogens (tertiary/aromatic N) is 3. The molecule has 0 atom stereocenters. The number of hydrogen-bond donors (Lipinski definition) is 1. The Bertz CT molecular complexity index is 864. The fourth-order valence-electron chi connectivity index (χ4n) is 2.66. The van der Waals surface area contributed by atoms with Gasteiger partial charge in [0.1, 0.15) is 11.3 Å². The number of benzene rings is 1. The van der Waals surface area contributed by atoms with Crippen LogP contribution in [0, 0.1) is 0 Å². The number of pyridine rings is 1. The lowest BCUT2D eigenvalue weighted by molar-refractivity contribution is 0.223. The second kappa shape index (κ2) is 6.55. The Morgan fingerprint density at radius 1 is 1.29 bits per heavy atom. The molecule has 2 aromatic heterocycles. The summed E-state index contributed by atoms with van der Waals surface area (Å²) >= 11 is 6.17. The van der Waals surface area contributed by atoms with Gasteiger partial charge in [0.2, 0.25) is 0 Å². The van der Waals surface area contributed by atoms with Gasteiger partial charge in [-0.25, -0.2) is 0 Å². The van der Waals surface area contributed by atoms with Gasteiger partial charge in [-0.15, -0.1) is 12.4 Å². The number of hydrogen-bond acceptors (Lipinski definition) is 6. The van der Waals surface area contributed by atoms with Crippen molar-refractivity contribution < 1.29 is 9.26 Å². The molecule has 1 aromatic carbocycles. The predicted molar refractivity (Wildman–Crippen MR) is 92.3 cm³/mol. The summed E-state index contributed by atoms with van der Waals surface area (Å²) in [7, 11) is 0. The van der Waals surface area contributed by atoms with Gasteiger partial charge in [0.05, 0.1) is 10.6 Å². The molecule has 0 unspecified atom stereocenters. The molecule has 2 heterocycles. The highest BCUT2D eigenvalue weighted by Crippen LogP contribution is 2.37. The van der Waals surface area contributed by atoms with Crippen LogP contribution in [-0.4, -0.2) is 15.1 Å². The van der Waals surface area contributed by atoms with E-state index in [4.69, 9.17) is 26.6 Å². The SMILES string of the molecule is Cl.NC1(c2noc(COc3ccc(Cl)c4cccnc34)n2)CCC1. The summed E-state index contributed by atoms with van der Waals surface area (Å²) < 4.78 is 11.0. The van der Waals surface area contributed by atoms with Crippen LogP contribution in [0.15, 0.2) is 35.0 Å². The van der Waals surface area contributed by atoms with Crippen molar-refractivity contribution in [2.45, 2.75) is 31.4 Å². The predicted octanol–water partition coefficient (Wildman–Crippen LogP) is 3.61. The highest BCUT2D eigenvalue weighted by Gasteiger charge is 2.39. The Balaban J connectivity index is 0.00000169. The Labute approximate surface area is 149 Å². The van der Waals surface area contributed by atoms with Gasteiger partial charge < -0.3 is 15.0 Å². The molecule has 24 heavy (non-hydrogen) atoms. The van der Waals surface area contributed by atoms with Crippen LogP contribution in [0.1, 0.15) is 31.0 Å². The fourth-order valence-corrected chi connectivity index (χ4v) is 2.88. The first-order valence-corrected chi connectivity index (χ1v) is 7.81. The molecule has 126 valence electrons. The van der Waals surface area contributed by atoms with E-state index in [1.54, 1.807) is 18.3 Å². The topological polar surface area (TPSA) is 87.1 Å². The van der Waals surface area contributed by atoms with Gasteiger partial charge in [-0.1, -0.05) is 16.8 Å². The molecule has 0 bridgehead atoms. The van der Waals surface area contributed by atoms with Crippen molar-refractivity contribution >= 4 is 34.9 Å². The Morgan fingerprint density at radius 2 is 2.12 bits per heavy atom. The van der Waals surface area contributed by atoms with E-state index in [2.05, 4.69) is 15.1 Å². The Hall–Kier alpha value is -1.89. The Morgan fingerprint density at radius 3 is 2.88 bits per heavy atom. The summed E-state index contributed by atoms with van der Waals surface area (Å²) in [6.45, 7) is 0.163. The minimum atomic E-state index is -0.434. The molecule has 0 saturated heterocycles. The molecular weight excluding hydrogens is 351 g/mol. The first kappa shape index (κ1) is 17.0. The maximum atomic E-state index is 6.19. The average Bonchev–Trinajstić information content (AvgIpc) is 3.02. The number of aromatic nitrogens is 3. The number of fused-ring (bicyclic) bond motifs is 1. The van der Waals surface area contributed by atoms with E-state index in [-0.39, 0.29) is 19.0 Å². The van der Waals surface area contributed by atoms with Crippen LogP contribution >= 0.6 is 24.0 Å². The molecule has 1 aliphatic rings. The zero-order valence-electron chi connectivity index (χ0n) is 12.7. The summed E-state index contributed by atoms with van der Waals surface area (Å²) in [5.74, 6) is 1.58. The van der Waals surface area contributed by atoms with E-state index in [9.17, 15) is 0 Å². The van der Waals surface area contributed by atoms with Crippen molar-refractivity contribution in [3.63, 3.8) is 0 Å². The highest BCUT2D eigenvalue weighted by molar-refractivity contribution is 6.35. The number of nitrogens with two attached hydrogens (primary N) is 1. The zero-order chi connectivity index (χ0) is 15.9. The molecule has 0 amide bonds. The van der Waals surface area contributed by atoms with Gasteiger partial charge in [-0.05, 0) is 43.5 Å². The molecule has 4 rings (SSSR count). The number of ether oxygens (including phenoxy) is 1. The standard InChI is InChI=1S/C16H15ClN4O2.ClH/c17-11-4-5-12(14-10(11)3-1-8-19-14)22-9-13-20-15(21-23-13)16(18)6-2-7-16;/h1,3-5,8H,2,6-7,9,18H2;1H. The Kier molecular flexibility index (Phi) is 4.62. The van der Waals surface area contributed by atoms with Crippen LogP contribution in [0.5, 0.6) is 5.75 Å². The molecule has 1 aliphatic carbocycles. The first-order chi connectivity index (χ1) is 11.2. The summed E-state index contributed by atoms with van der Waals surface area (Å²) in [5.41, 5.74) is 6.45. The lowest BCUT2D eigenvalue weighted by Gasteiger charge is -2.34. The van der Waals surface area contributed by atoms with Crippen molar-refractivity contribution in [2.24, 2.45) is 5.73 Å². The fraction of sp³-hybridized carbons (Fsp3) is 0.312. The van der Waals surface area contributed by atoms with Crippen LogP contribution < -0.4 is 10.5 Å². The summed E-state index contributed by atoms with van der Waals surface area (Å²) in [6.07, 6.45) is 4.57. The second-order valence-electron chi connectivity index (χ2n) is 5.76. The van der Waals surface area contributed by atoms with E-state index < -0.39 is 5.54 Å². The third-order valence-corrected chi connectivity index (χ3v) is 4.52. The highest BCUT2D eigenvalue weighted by atomic mass is 35.5. The summed E-state index contributed by atoms with van der Waals surface area (Å²) in [5, 5.41) is 5.45. The zero-order valence-corrected chi connectivity index (χ0v) is 14.3. The van der Waals surface area contributed by atoms with Crippen LogP contribution in [-0.2, 0) is 12.1 Å². The molecule has 1 saturated carbocycles. The molecule has 0 radical (unpaired) electrons. The van der Waals surface area contributed by atoms with Crippen molar-refractivity contribution in [3.05, 3.63) is 47.2 Å². The molecular formula is C16H16Cl2N4O2. The normalized spacial score (nSPS) is 15.6. The number of halogens is 2. The molecule has 8 heteroatoms. The van der Waals surface area contributed by atoms with Gasteiger partial charge in [0.15, 0.2) is 12.4 Å². The molecule has 0 aliphatic heterocycles. The second-order valence-corrected chi connectivity index (χ2v) is 6.16. The van der Waals surface area contributed by atoms with E-state index in [0.717, 1.165) is 24.6 Å². The molecule has 0 spiro atoms. The van der Waals surface area contributed by atoms with Gasteiger partial charge >= 0.3 is 0 Å². The van der Waals surface area contributed by atoms with E-state index in [1.807, 2.05) is 12.1 Å². The summed E-state index contributed by atoms with van der Waals surface area (Å²) in [4.78, 5) is 8.67. The monoisotopic (exact) mass is 366 g/mol. The van der Waals surface area contributed by atoms with E-state index in [0.29, 0.717) is 28.0 Å². The average molecular weight is 367 g/mol. The first-order valence-electron chi connectivity index (χ1n) is 7.44.